The fourth-order valence-electron chi connectivity index (χ4n) is 3.12. The molecule has 0 heterocycles. The number of Topliss-reactive ketones (excluding diaryl/α,β-unsaturated/α-hetero) is 1. The first-order chi connectivity index (χ1) is 8.24. The molecule has 0 aliphatic heterocycles. The van der Waals surface area contributed by atoms with Crippen LogP contribution < -0.4 is 0 Å². The Labute approximate surface area is 105 Å². The zero-order chi connectivity index (χ0) is 11.8. The van der Waals surface area contributed by atoms with Gasteiger partial charge < -0.3 is 5.11 Å². The van der Waals surface area contributed by atoms with Crippen molar-refractivity contribution in [3.05, 3.63) is 24.3 Å². The second-order valence-electron chi connectivity index (χ2n) is 5.08. The summed E-state index contributed by atoms with van der Waals surface area (Å²) in [5.74, 6) is 3.03. The van der Waals surface area contributed by atoms with Gasteiger partial charge in [-0.15, -0.1) is 11.8 Å². The highest BCUT2D eigenvalue weighted by atomic mass is 32.2. The van der Waals surface area contributed by atoms with E-state index in [1.807, 2.05) is 12.1 Å². The fraction of sp³-hybridized carbons (Fsp3) is 0.500. The summed E-state index contributed by atoms with van der Waals surface area (Å²) < 4.78 is 0. The highest BCUT2D eigenvalue weighted by Gasteiger charge is 2.46. The number of rotatable bonds is 3. The summed E-state index contributed by atoms with van der Waals surface area (Å²) in [6.45, 7) is 0. The van der Waals surface area contributed by atoms with E-state index in [1.165, 1.54) is 6.42 Å². The third-order valence-electron chi connectivity index (χ3n) is 4.08. The van der Waals surface area contributed by atoms with E-state index < -0.39 is 0 Å². The first-order valence-electron chi connectivity index (χ1n) is 6.19. The molecule has 0 amide bonds. The van der Waals surface area contributed by atoms with E-state index in [0.29, 0.717) is 23.4 Å². The minimum absolute atomic E-state index is 0.285. The van der Waals surface area contributed by atoms with Crippen molar-refractivity contribution in [1.29, 1.82) is 0 Å². The Morgan fingerprint density at radius 2 is 2.00 bits per heavy atom. The largest absolute Gasteiger partial charge is 0.508 e. The van der Waals surface area contributed by atoms with Crippen LogP contribution in [0.2, 0.25) is 0 Å². The van der Waals surface area contributed by atoms with Crippen molar-refractivity contribution in [2.45, 2.75) is 24.2 Å². The van der Waals surface area contributed by atoms with Gasteiger partial charge in [-0.25, -0.2) is 0 Å². The number of ketones is 1. The van der Waals surface area contributed by atoms with Gasteiger partial charge in [-0.1, -0.05) is 0 Å². The zero-order valence-electron chi connectivity index (χ0n) is 9.63. The molecule has 3 heteroatoms. The van der Waals surface area contributed by atoms with E-state index in [0.717, 1.165) is 23.5 Å². The lowest BCUT2D eigenvalue weighted by Crippen LogP contribution is -2.23. The molecule has 0 saturated heterocycles. The summed E-state index contributed by atoms with van der Waals surface area (Å²) in [6.07, 6.45) is 3.51. The number of thioether (sulfide) groups is 1. The standard InChI is InChI=1S/C14H16O2S/c15-11-3-5-12(6-4-11)17-8-13-9-1-2-10(7-9)14(13)16/h3-6,9-10,13,15H,1-2,7-8H2. The lowest BCUT2D eigenvalue weighted by Gasteiger charge is -2.19. The first-order valence-corrected chi connectivity index (χ1v) is 7.18. The molecular formula is C14H16O2S. The maximum Gasteiger partial charge on any atom is 0.140 e. The SMILES string of the molecule is O=C1C2CCC(C2)C1CSc1ccc(O)cc1. The first kappa shape index (κ1) is 11.1. The molecule has 2 fully saturated rings. The molecular weight excluding hydrogens is 232 g/mol. The predicted octanol–water partition coefficient (Wildman–Crippen LogP) is 3.10. The highest BCUT2D eigenvalue weighted by molar-refractivity contribution is 7.99. The second-order valence-corrected chi connectivity index (χ2v) is 6.18. The number of phenolic OH excluding ortho intramolecular Hbond substituents is 1. The predicted molar refractivity (Wildman–Crippen MR) is 68.2 cm³/mol. The lowest BCUT2D eigenvalue weighted by molar-refractivity contribution is -0.125. The van der Waals surface area contributed by atoms with E-state index in [2.05, 4.69) is 0 Å². The number of hydrogen-bond donors (Lipinski definition) is 1. The Morgan fingerprint density at radius 1 is 1.24 bits per heavy atom. The van der Waals surface area contributed by atoms with Gasteiger partial charge >= 0.3 is 0 Å². The van der Waals surface area contributed by atoms with E-state index in [9.17, 15) is 9.90 Å². The monoisotopic (exact) mass is 248 g/mol. The molecule has 1 aromatic rings. The summed E-state index contributed by atoms with van der Waals surface area (Å²) in [4.78, 5) is 13.1. The molecule has 3 atom stereocenters. The van der Waals surface area contributed by atoms with Crippen molar-refractivity contribution in [3.63, 3.8) is 0 Å². The van der Waals surface area contributed by atoms with Crippen molar-refractivity contribution in [1.82, 2.24) is 0 Å². The van der Waals surface area contributed by atoms with Crippen LogP contribution in [0, 0.1) is 17.8 Å². The number of hydrogen-bond acceptors (Lipinski definition) is 3. The van der Waals surface area contributed by atoms with E-state index in [-0.39, 0.29) is 5.92 Å². The average molecular weight is 248 g/mol. The van der Waals surface area contributed by atoms with Crippen LogP contribution in [0.15, 0.2) is 29.2 Å². The Kier molecular flexibility index (Phi) is 2.87. The van der Waals surface area contributed by atoms with Gasteiger partial charge in [-0.05, 0) is 49.4 Å². The number of aromatic hydroxyl groups is 1. The van der Waals surface area contributed by atoms with Crippen LogP contribution in [0.25, 0.3) is 0 Å². The van der Waals surface area contributed by atoms with E-state index >= 15 is 0 Å². The summed E-state index contributed by atoms with van der Waals surface area (Å²) in [6, 6.07) is 7.23. The van der Waals surface area contributed by atoms with Crippen molar-refractivity contribution < 1.29 is 9.90 Å². The average Bonchev–Trinajstić information content (AvgIpc) is 2.90. The molecule has 17 heavy (non-hydrogen) atoms. The van der Waals surface area contributed by atoms with Gasteiger partial charge in [0, 0.05) is 22.5 Å². The van der Waals surface area contributed by atoms with Gasteiger partial charge in [0.2, 0.25) is 0 Å². The van der Waals surface area contributed by atoms with Crippen LogP contribution in [-0.2, 0) is 4.79 Å². The summed E-state index contributed by atoms with van der Waals surface area (Å²) in [7, 11) is 0. The minimum atomic E-state index is 0.285. The Hall–Kier alpha value is -0.960. The quantitative estimate of drug-likeness (QED) is 0.835. The molecule has 1 N–H and O–H groups in total. The van der Waals surface area contributed by atoms with Gasteiger partial charge in [0.25, 0.3) is 0 Å². The topological polar surface area (TPSA) is 37.3 Å². The van der Waals surface area contributed by atoms with Crippen LogP contribution >= 0.6 is 11.8 Å². The Morgan fingerprint density at radius 3 is 2.65 bits per heavy atom. The van der Waals surface area contributed by atoms with E-state index in [1.54, 1.807) is 23.9 Å². The van der Waals surface area contributed by atoms with Gasteiger partial charge in [0.15, 0.2) is 0 Å². The van der Waals surface area contributed by atoms with Crippen LogP contribution in [0.4, 0.5) is 0 Å². The molecule has 1 aromatic carbocycles. The smallest absolute Gasteiger partial charge is 0.140 e. The maximum atomic E-state index is 12.0. The van der Waals surface area contributed by atoms with Crippen molar-refractivity contribution >= 4 is 17.5 Å². The molecule has 0 aromatic heterocycles. The van der Waals surface area contributed by atoms with Crippen molar-refractivity contribution in [2.75, 3.05) is 5.75 Å². The minimum Gasteiger partial charge on any atom is -0.508 e. The van der Waals surface area contributed by atoms with Gasteiger partial charge in [-0.2, -0.15) is 0 Å². The molecule has 0 spiro atoms. The number of phenols is 1. The normalized spacial score (nSPS) is 31.1. The fourth-order valence-corrected chi connectivity index (χ4v) is 4.26. The number of carbonyl (C=O) groups is 1. The highest BCUT2D eigenvalue weighted by Crippen LogP contribution is 2.47. The molecule has 3 rings (SSSR count). The van der Waals surface area contributed by atoms with Crippen molar-refractivity contribution in [3.8, 4) is 5.75 Å². The third kappa shape index (κ3) is 2.08. The van der Waals surface area contributed by atoms with Crippen LogP contribution in [0.1, 0.15) is 19.3 Å². The second kappa shape index (κ2) is 4.37. The van der Waals surface area contributed by atoms with Crippen LogP contribution in [-0.4, -0.2) is 16.6 Å². The molecule has 2 saturated carbocycles. The number of benzene rings is 1. The molecule has 2 bridgehead atoms. The third-order valence-corrected chi connectivity index (χ3v) is 5.21. The van der Waals surface area contributed by atoms with Crippen molar-refractivity contribution in [2.24, 2.45) is 17.8 Å². The van der Waals surface area contributed by atoms with E-state index in [4.69, 9.17) is 0 Å². The lowest BCUT2D eigenvalue weighted by atomic mass is 9.89. The summed E-state index contributed by atoms with van der Waals surface area (Å²) in [5.41, 5.74) is 0. The molecule has 3 unspecified atom stereocenters. The van der Waals surface area contributed by atoms with Crippen LogP contribution in [0.5, 0.6) is 5.75 Å². The summed E-state index contributed by atoms with van der Waals surface area (Å²) >= 11 is 1.74. The number of fused-ring (bicyclic) bond motifs is 2. The maximum absolute atomic E-state index is 12.0. The molecule has 0 radical (unpaired) electrons. The van der Waals surface area contributed by atoms with Gasteiger partial charge in [0.1, 0.15) is 11.5 Å². The molecule has 2 nitrogen and oxygen atoms in total. The van der Waals surface area contributed by atoms with Gasteiger partial charge in [0.05, 0.1) is 0 Å². The summed E-state index contributed by atoms with van der Waals surface area (Å²) in [5, 5.41) is 9.20. The van der Waals surface area contributed by atoms with Crippen LogP contribution in [0.3, 0.4) is 0 Å². The molecule has 2 aliphatic rings. The Bertz CT molecular complexity index is 426. The Balaban J connectivity index is 1.61. The zero-order valence-corrected chi connectivity index (χ0v) is 10.5. The van der Waals surface area contributed by atoms with Gasteiger partial charge in [-0.3, -0.25) is 4.79 Å². The number of carbonyl (C=O) groups excluding carboxylic acids is 1. The molecule has 2 aliphatic carbocycles. The molecule has 90 valence electrons.